The van der Waals surface area contributed by atoms with E-state index in [0.717, 1.165) is 12.1 Å². The van der Waals surface area contributed by atoms with E-state index in [1.165, 1.54) is 28.4 Å². The highest BCUT2D eigenvalue weighted by molar-refractivity contribution is 7.07. The minimum absolute atomic E-state index is 0.0254. The van der Waals surface area contributed by atoms with E-state index in [0.29, 0.717) is 4.80 Å². The van der Waals surface area contributed by atoms with Crippen molar-refractivity contribution in [3.05, 3.63) is 46.2 Å². The van der Waals surface area contributed by atoms with E-state index < -0.39 is 23.6 Å². The molecule has 0 aliphatic carbocycles. The lowest BCUT2D eigenvalue weighted by atomic mass is 10.1. The molecule has 25 heavy (non-hydrogen) atoms. The normalized spacial score (nSPS) is 18.9. The van der Waals surface area contributed by atoms with Crippen LogP contribution in [-0.2, 0) is 22.8 Å². The lowest BCUT2D eigenvalue weighted by Gasteiger charge is -2.18. The number of benzene rings is 1. The summed E-state index contributed by atoms with van der Waals surface area (Å²) in [6.45, 7) is 0.0254. The minimum Gasteiger partial charge on any atom is -0.327 e. The molecule has 132 valence electrons. The molecule has 2 aromatic rings. The van der Waals surface area contributed by atoms with Crippen LogP contribution < -0.4 is 9.70 Å². The van der Waals surface area contributed by atoms with E-state index >= 15 is 0 Å². The number of hydrogen-bond donors (Lipinski definition) is 0. The third kappa shape index (κ3) is 3.65. The van der Waals surface area contributed by atoms with Crippen molar-refractivity contribution in [3.63, 3.8) is 0 Å². The molecule has 2 amide bonds. The quantitative estimate of drug-likeness (QED) is 0.817. The van der Waals surface area contributed by atoms with Gasteiger partial charge >= 0.3 is 6.18 Å². The molecule has 1 atom stereocenters. The molecule has 1 saturated heterocycles. The number of carbonyl (C=O) groups excluding carboxylic acids is 2. The Hall–Kier alpha value is -2.42. The Bertz CT molecular complexity index is 885. The van der Waals surface area contributed by atoms with E-state index in [-0.39, 0.29) is 24.6 Å². The molecule has 3 rings (SSSR count). The Morgan fingerprint density at radius 1 is 1.36 bits per heavy atom. The van der Waals surface area contributed by atoms with Crippen LogP contribution in [0.25, 0.3) is 0 Å². The summed E-state index contributed by atoms with van der Waals surface area (Å²) in [4.78, 5) is 30.2. The maximum Gasteiger partial charge on any atom is 0.416 e. The van der Waals surface area contributed by atoms with Gasteiger partial charge in [-0.3, -0.25) is 9.59 Å². The third-order valence-electron chi connectivity index (χ3n) is 3.92. The first-order valence-electron chi connectivity index (χ1n) is 7.42. The average molecular weight is 369 g/mol. The van der Waals surface area contributed by atoms with Gasteiger partial charge in [-0.15, -0.1) is 11.3 Å². The van der Waals surface area contributed by atoms with E-state index in [9.17, 15) is 22.8 Å². The summed E-state index contributed by atoms with van der Waals surface area (Å²) in [5.74, 6) is -1.49. The number of nitrogens with zero attached hydrogens (tertiary/aromatic N) is 3. The first kappa shape index (κ1) is 17.4. The summed E-state index contributed by atoms with van der Waals surface area (Å²) in [6.07, 6.45) is -2.80. The van der Waals surface area contributed by atoms with E-state index in [1.807, 2.05) is 0 Å². The Labute approximate surface area is 145 Å². The molecule has 1 aliphatic rings. The van der Waals surface area contributed by atoms with Gasteiger partial charge in [0.2, 0.25) is 5.91 Å². The maximum atomic E-state index is 12.8. The molecule has 1 aromatic carbocycles. The van der Waals surface area contributed by atoms with Crippen molar-refractivity contribution in [3.8, 4) is 0 Å². The fraction of sp³-hybridized carbons (Fsp3) is 0.312. The number of aryl methyl sites for hydroxylation is 1. The van der Waals surface area contributed by atoms with Gasteiger partial charge in [0, 0.05) is 37.3 Å². The molecule has 1 unspecified atom stereocenters. The van der Waals surface area contributed by atoms with Crippen LogP contribution in [0.4, 0.5) is 18.9 Å². The summed E-state index contributed by atoms with van der Waals surface area (Å²) in [7, 11) is 1.75. The third-order valence-corrected chi connectivity index (χ3v) is 4.77. The van der Waals surface area contributed by atoms with Crippen molar-refractivity contribution in [2.75, 3.05) is 11.4 Å². The SMILES string of the molecule is Cn1ccsc1=NC(=O)C1CC(=O)N(c2cccc(C(F)(F)F)c2)C1. The second-order valence-electron chi connectivity index (χ2n) is 5.70. The minimum atomic E-state index is -4.49. The Morgan fingerprint density at radius 3 is 2.76 bits per heavy atom. The van der Waals surface area contributed by atoms with Crippen molar-refractivity contribution < 1.29 is 22.8 Å². The van der Waals surface area contributed by atoms with Crippen LogP contribution in [0.15, 0.2) is 40.8 Å². The number of thiazole rings is 1. The van der Waals surface area contributed by atoms with E-state index in [2.05, 4.69) is 4.99 Å². The van der Waals surface area contributed by atoms with Crippen LogP contribution in [0, 0.1) is 5.92 Å². The molecule has 0 N–H and O–H groups in total. The Morgan fingerprint density at radius 2 is 2.12 bits per heavy atom. The second-order valence-corrected chi connectivity index (χ2v) is 6.57. The Balaban J connectivity index is 1.82. The molecule has 5 nitrogen and oxygen atoms in total. The zero-order chi connectivity index (χ0) is 18.2. The molecule has 0 spiro atoms. The van der Waals surface area contributed by atoms with Gasteiger partial charge in [0.25, 0.3) is 5.91 Å². The van der Waals surface area contributed by atoms with Gasteiger partial charge < -0.3 is 9.47 Å². The Kier molecular flexibility index (Phi) is 4.51. The summed E-state index contributed by atoms with van der Waals surface area (Å²) in [5, 5.41) is 1.78. The molecule has 0 radical (unpaired) electrons. The number of carbonyl (C=O) groups is 2. The van der Waals surface area contributed by atoms with Crippen LogP contribution in [-0.4, -0.2) is 22.9 Å². The number of amides is 2. The maximum absolute atomic E-state index is 12.8. The molecule has 1 fully saturated rings. The largest absolute Gasteiger partial charge is 0.416 e. The molecular weight excluding hydrogens is 355 g/mol. The number of halogens is 3. The standard InChI is InChI=1S/C16H14F3N3O2S/c1-21-5-6-25-15(21)20-14(24)10-7-13(23)22(9-10)12-4-2-3-11(8-12)16(17,18)19/h2-6,8,10H,7,9H2,1H3. The fourth-order valence-corrected chi connectivity index (χ4v) is 3.33. The lowest BCUT2D eigenvalue weighted by molar-refractivity contribution is -0.137. The molecule has 0 bridgehead atoms. The van der Waals surface area contributed by atoms with Crippen molar-refractivity contribution in [1.82, 2.24) is 4.57 Å². The van der Waals surface area contributed by atoms with Crippen molar-refractivity contribution in [1.29, 1.82) is 0 Å². The predicted molar refractivity (Wildman–Crippen MR) is 85.8 cm³/mol. The predicted octanol–water partition coefficient (Wildman–Crippen LogP) is 2.59. The summed E-state index contributed by atoms with van der Waals surface area (Å²) >= 11 is 1.29. The van der Waals surface area contributed by atoms with Gasteiger partial charge in [-0.05, 0) is 18.2 Å². The van der Waals surface area contributed by atoms with Gasteiger partial charge in [-0.25, -0.2) is 0 Å². The van der Waals surface area contributed by atoms with Gasteiger partial charge in [-0.1, -0.05) is 6.07 Å². The highest BCUT2D eigenvalue weighted by atomic mass is 32.1. The van der Waals surface area contributed by atoms with Crippen LogP contribution in [0.5, 0.6) is 0 Å². The first-order chi connectivity index (χ1) is 11.8. The van der Waals surface area contributed by atoms with Gasteiger partial charge in [0.15, 0.2) is 4.80 Å². The zero-order valence-electron chi connectivity index (χ0n) is 13.2. The van der Waals surface area contributed by atoms with Gasteiger partial charge in [0.1, 0.15) is 0 Å². The molecule has 2 heterocycles. The molecule has 0 saturated carbocycles. The van der Waals surface area contributed by atoms with Crippen molar-refractivity contribution in [2.24, 2.45) is 18.0 Å². The van der Waals surface area contributed by atoms with E-state index in [4.69, 9.17) is 0 Å². The summed E-state index contributed by atoms with van der Waals surface area (Å²) < 4.78 is 40.2. The van der Waals surface area contributed by atoms with Crippen LogP contribution in [0.1, 0.15) is 12.0 Å². The van der Waals surface area contributed by atoms with Gasteiger partial charge in [0.05, 0.1) is 11.5 Å². The zero-order valence-corrected chi connectivity index (χ0v) is 14.0. The van der Waals surface area contributed by atoms with E-state index in [1.54, 1.807) is 23.2 Å². The van der Waals surface area contributed by atoms with Crippen LogP contribution in [0.2, 0.25) is 0 Å². The molecule has 9 heteroatoms. The van der Waals surface area contributed by atoms with Crippen molar-refractivity contribution in [2.45, 2.75) is 12.6 Å². The number of aromatic nitrogens is 1. The molecule has 1 aromatic heterocycles. The van der Waals surface area contributed by atoms with Gasteiger partial charge in [-0.2, -0.15) is 18.2 Å². The number of alkyl halides is 3. The second kappa shape index (κ2) is 6.47. The number of hydrogen-bond acceptors (Lipinski definition) is 3. The molecule has 1 aliphatic heterocycles. The van der Waals surface area contributed by atoms with Crippen LogP contribution >= 0.6 is 11.3 Å². The van der Waals surface area contributed by atoms with Crippen LogP contribution in [0.3, 0.4) is 0 Å². The summed E-state index contributed by atoms with van der Waals surface area (Å²) in [6, 6.07) is 4.53. The highest BCUT2D eigenvalue weighted by Gasteiger charge is 2.36. The highest BCUT2D eigenvalue weighted by Crippen LogP contribution is 2.33. The van der Waals surface area contributed by atoms with Crippen molar-refractivity contribution >= 4 is 28.8 Å². The average Bonchev–Trinajstić information content (AvgIpc) is 3.13. The topological polar surface area (TPSA) is 54.7 Å². The first-order valence-corrected chi connectivity index (χ1v) is 8.30. The molecular formula is C16H14F3N3O2S. The monoisotopic (exact) mass is 369 g/mol. The summed E-state index contributed by atoms with van der Waals surface area (Å²) in [5.41, 5.74) is -0.695. The smallest absolute Gasteiger partial charge is 0.327 e. The number of anilines is 1. The fourth-order valence-electron chi connectivity index (χ4n) is 2.59. The lowest BCUT2D eigenvalue weighted by Crippen LogP contribution is -2.26. The number of rotatable bonds is 2.